The van der Waals surface area contributed by atoms with Gasteiger partial charge in [-0.15, -0.1) is 0 Å². The maximum atomic E-state index is 12.9. The van der Waals surface area contributed by atoms with Gasteiger partial charge in [0.05, 0.1) is 12.0 Å². The molecule has 1 heterocycles. The van der Waals surface area contributed by atoms with Crippen LogP contribution in [0.3, 0.4) is 0 Å². The first-order valence-electron chi connectivity index (χ1n) is 14.0. The average molecular weight is 570 g/mol. The van der Waals surface area contributed by atoms with Crippen LogP contribution in [0.4, 0.5) is 10.5 Å². The molecule has 6 rings (SSSR count). The molecule has 1 spiro atoms. The molecule has 0 aliphatic heterocycles. The summed E-state index contributed by atoms with van der Waals surface area (Å²) in [6.07, 6.45) is 4.53. The van der Waals surface area contributed by atoms with Gasteiger partial charge in [-0.05, 0) is 67.2 Å². The number of amides is 1. The number of anilines is 1. The first-order chi connectivity index (χ1) is 19.8. The molecule has 1 N–H and O–H groups in total. The van der Waals surface area contributed by atoms with Gasteiger partial charge in [0.1, 0.15) is 23.1 Å². The molecule has 0 saturated heterocycles. The van der Waals surface area contributed by atoms with E-state index in [4.69, 9.17) is 25.5 Å². The summed E-state index contributed by atoms with van der Waals surface area (Å²) in [6, 6.07) is 25.6. The smallest absolute Gasteiger partial charge is 0.412 e. The second-order valence-electron chi connectivity index (χ2n) is 11.2. The van der Waals surface area contributed by atoms with E-state index in [-0.39, 0.29) is 11.0 Å². The molecule has 1 amide bonds. The summed E-state index contributed by atoms with van der Waals surface area (Å²) in [5.41, 5.74) is 4.93. The maximum absolute atomic E-state index is 12.9. The van der Waals surface area contributed by atoms with E-state index >= 15 is 0 Å². The third-order valence-corrected chi connectivity index (χ3v) is 8.70. The number of carbonyl (C=O) groups is 2. The number of carbonyl (C=O) groups excluding carboxylic acids is 2. The lowest BCUT2D eigenvalue weighted by Crippen LogP contribution is -2.50. The van der Waals surface area contributed by atoms with E-state index in [1.165, 1.54) is 19.1 Å². The van der Waals surface area contributed by atoms with E-state index in [0.717, 1.165) is 40.7 Å². The summed E-state index contributed by atoms with van der Waals surface area (Å²) >= 11 is 6.35. The zero-order valence-electron chi connectivity index (χ0n) is 23.1. The van der Waals surface area contributed by atoms with Gasteiger partial charge in [-0.25, -0.2) is 4.79 Å². The predicted molar refractivity (Wildman–Crippen MR) is 159 cm³/mol. The van der Waals surface area contributed by atoms with Gasteiger partial charge in [-0.2, -0.15) is 0 Å². The van der Waals surface area contributed by atoms with Crippen LogP contribution in [0.2, 0.25) is 5.02 Å². The fourth-order valence-corrected chi connectivity index (χ4v) is 6.22. The number of hydrogen-bond donors (Lipinski definition) is 1. The Morgan fingerprint density at radius 2 is 1.54 bits per heavy atom. The molecule has 41 heavy (non-hydrogen) atoms. The molecule has 7 heteroatoms. The van der Waals surface area contributed by atoms with Crippen molar-refractivity contribution in [2.24, 2.45) is 5.41 Å². The maximum Gasteiger partial charge on any atom is 0.412 e. The molecule has 210 valence electrons. The zero-order valence-corrected chi connectivity index (χ0v) is 23.9. The van der Waals surface area contributed by atoms with Crippen LogP contribution < -0.4 is 5.32 Å². The number of furan rings is 1. The quantitative estimate of drug-likeness (QED) is 0.214. The molecule has 0 bridgehead atoms. The molecule has 6 nitrogen and oxygen atoms in total. The lowest BCUT2D eigenvalue weighted by atomic mass is 9.56. The van der Waals surface area contributed by atoms with Gasteiger partial charge >= 0.3 is 12.1 Å². The van der Waals surface area contributed by atoms with Crippen molar-refractivity contribution in [2.45, 2.75) is 51.0 Å². The normalized spacial score (nSPS) is 16.9. The summed E-state index contributed by atoms with van der Waals surface area (Å²) in [6.45, 7) is 4.06. The number of nitrogens with one attached hydrogen (secondary N) is 1. The number of benzene rings is 3. The van der Waals surface area contributed by atoms with Gasteiger partial charge in [0.2, 0.25) is 0 Å². The van der Waals surface area contributed by atoms with Crippen molar-refractivity contribution >= 4 is 29.4 Å². The molecule has 2 saturated carbocycles. The molecule has 1 atom stereocenters. The highest BCUT2D eigenvalue weighted by molar-refractivity contribution is 6.34. The van der Waals surface area contributed by atoms with Crippen LogP contribution in [0.5, 0.6) is 0 Å². The van der Waals surface area contributed by atoms with E-state index in [2.05, 4.69) is 29.6 Å². The molecular weight excluding hydrogens is 538 g/mol. The van der Waals surface area contributed by atoms with E-state index in [1.54, 1.807) is 0 Å². The molecule has 1 aromatic heterocycles. The number of rotatable bonds is 8. The van der Waals surface area contributed by atoms with Crippen molar-refractivity contribution in [1.82, 2.24) is 0 Å². The third kappa shape index (κ3) is 5.24. The molecule has 2 aliphatic carbocycles. The standard InChI is InChI=1S/C34H32ClNO5/c1-3-39-31(37)34(20-33(21-34)17-18-33)27-15-13-25(14-16-27)24-9-11-26(12-10-24)30-29(28(35)19-40-30)36-32(38)41-22(2)23-7-5-4-6-8-23/h4-16,19,22H,3,17-18,20-21H2,1-2H3,(H,36,38)/t22-/m1/s1. The van der Waals surface area contributed by atoms with Crippen LogP contribution in [0.1, 0.15) is 56.8 Å². The molecule has 0 radical (unpaired) electrons. The lowest BCUT2D eigenvalue weighted by Gasteiger charge is -2.46. The van der Waals surface area contributed by atoms with E-state index in [1.807, 2.05) is 68.4 Å². The molecule has 4 aromatic rings. The molecular formula is C34H32ClNO5. The average Bonchev–Trinajstić information content (AvgIpc) is 3.69. The first-order valence-corrected chi connectivity index (χ1v) is 14.4. The van der Waals surface area contributed by atoms with E-state index in [9.17, 15) is 9.59 Å². The highest BCUT2D eigenvalue weighted by Crippen LogP contribution is 2.69. The molecule has 2 aliphatic rings. The number of halogens is 1. The lowest BCUT2D eigenvalue weighted by molar-refractivity contribution is -0.157. The Labute approximate surface area is 244 Å². The Morgan fingerprint density at radius 1 is 0.927 bits per heavy atom. The Morgan fingerprint density at radius 3 is 2.15 bits per heavy atom. The monoisotopic (exact) mass is 569 g/mol. The van der Waals surface area contributed by atoms with Crippen molar-refractivity contribution in [3.8, 4) is 22.5 Å². The minimum atomic E-state index is -0.623. The van der Waals surface area contributed by atoms with E-state index in [0.29, 0.717) is 23.5 Å². The van der Waals surface area contributed by atoms with Crippen molar-refractivity contribution in [1.29, 1.82) is 0 Å². The molecule has 3 aromatic carbocycles. The fourth-order valence-electron chi connectivity index (χ4n) is 6.04. The number of hydrogen-bond acceptors (Lipinski definition) is 5. The SMILES string of the molecule is CCOC(=O)C1(c2ccc(-c3ccc(-c4occ(Cl)c4NC(=O)O[C@H](C)c4ccccc4)cc3)cc2)CC2(CC2)C1. The van der Waals surface area contributed by atoms with Crippen LogP contribution in [0.25, 0.3) is 22.5 Å². The second kappa shape index (κ2) is 10.7. The van der Waals surface area contributed by atoms with Gasteiger partial charge in [-0.1, -0.05) is 90.5 Å². The summed E-state index contributed by atoms with van der Waals surface area (Å²) in [5.74, 6) is 0.339. The summed E-state index contributed by atoms with van der Waals surface area (Å²) < 4.78 is 16.7. The van der Waals surface area contributed by atoms with Gasteiger partial charge in [0.15, 0.2) is 5.76 Å². The van der Waals surface area contributed by atoms with Crippen molar-refractivity contribution in [3.05, 3.63) is 101 Å². The van der Waals surface area contributed by atoms with Crippen molar-refractivity contribution < 1.29 is 23.5 Å². The highest BCUT2D eigenvalue weighted by Gasteiger charge is 2.65. The fraction of sp³-hybridized carbons (Fsp3) is 0.294. The summed E-state index contributed by atoms with van der Waals surface area (Å²) in [5, 5.41) is 3.02. The summed E-state index contributed by atoms with van der Waals surface area (Å²) in [7, 11) is 0. The second-order valence-corrected chi connectivity index (χ2v) is 11.6. The largest absolute Gasteiger partial charge is 0.465 e. The highest BCUT2D eigenvalue weighted by atomic mass is 35.5. The molecule has 2 fully saturated rings. The number of esters is 1. The third-order valence-electron chi connectivity index (χ3n) is 8.42. The topological polar surface area (TPSA) is 77.8 Å². The Balaban J connectivity index is 1.16. The van der Waals surface area contributed by atoms with Crippen LogP contribution in [0, 0.1) is 5.41 Å². The van der Waals surface area contributed by atoms with Gasteiger partial charge < -0.3 is 13.9 Å². The Kier molecular flexibility index (Phi) is 7.12. The molecule has 0 unspecified atom stereocenters. The zero-order chi connectivity index (χ0) is 28.6. The van der Waals surface area contributed by atoms with Crippen molar-refractivity contribution in [3.63, 3.8) is 0 Å². The van der Waals surface area contributed by atoms with Crippen LogP contribution in [-0.4, -0.2) is 18.7 Å². The van der Waals surface area contributed by atoms with Crippen LogP contribution >= 0.6 is 11.6 Å². The predicted octanol–water partition coefficient (Wildman–Crippen LogP) is 8.95. The number of ether oxygens (including phenoxy) is 2. The minimum Gasteiger partial charge on any atom is -0.465 e. The first kappa shape index (κ1) is 27.2. The minimum absolute atomic E-state index is 0.102. The Bertz CT molecular complexity index is 1550. The van der Waals surface area contributed by atoms with Crippen molar-refractivity contribution in [2.75, 3.05) is 11.9 Å². The van der Waals surface area contributed by atoms with Crippen LogP contribution in [-0.2, 0) is 19.7 Å². The summed E-state index contributed by atoms with van der Waals surface area (Å²) in [4.78, 5) is 25.6. The van der Waals surface area contributed by atoms with Crippen LogP contribution in [0.15, 0.2) is 89.5 Å². The Hall–Kier alpha value is -4.03. The van der Waals surface area contributed by atoms with Gasteiger partial charge in [0.25, 0.3) is 0 Å². The van der Waals surface area contributed by atoms with Gasteiger partial charge in [-0.3, -0.25) is 10.1 Å². The van der Waals surface area contributed by atoms with E-state index < -0.39 is 17.6 Å². The van der Waals surface area contributed by atoms with Gasteiger partial charge in [0, 0.05) is 5.56 Å².